The van der Waals surface area contributed by atoms with Crippen LogP contribution in [-0.4, -0.2) is 18.4 Å². The first-order valence-corrected chi connectivity index (χ1v) is 8.58. The minimum absolute atomic E-state index is 0.0397. The van der Waals surface area contributed by atoms with Crippen LogP contribution < -0.4 is 10.2 Å². The second-order valence-electron chi connectivity index (χ2n) is 5.96. The molecule has 2 amide bonds. The normalized spacial score (nSPS) is 16.8. The fourth-order valence-corrected chi connectivity index (χ4v) is 3.19. The van der Waals surface area contributed by atoms with Crippen molar-refractivity contribution in [3.63, 3.8) is 0 Å². The largest absolute Gasteiger partial charge is 0.352 e. The zero-order chi connectivity index (χ0) is 18.8. The number of amides is 2. The maximum atomic E-state index is 13.3. The molecule has 2 aromatic carbocycles. The summed E-state index contributed by atoms with van der Waals surface area (Å²) in [6, 6.07) is 7.89. The Morgan fingerprint density at radius 2 is 1.92 bits per heavy atom. The fraction of sp³-hybridized carbons (Fsp3) is 0.222. The van der Waals surface area contributed by atoms with Crippen molar-refractivity contribution in [3.8, 4) is 0 Å². The summed E-state index contributed by atoms with van der Waals surface area (Å²) in [4.78, 5) is 25.9. The van der Waals surface area contributed by atoms with Crippen LogP contribution in [0.5, 0.6) is 0 Å². The standard InChI is InChI=1S/C18H14Cl2F2N2O2/c19-14-6-12(21)2-1-10(14)8-23-18(26)11-5-17(25)24(9-11)13-3-4-16(22)15(20)7-13/h1-4,6-7,11H,5,8-9H2,(H,23,26)/t11-/m0/s1. The molecule has 0 unspecified atom stereocenters. The summed E-state index contributed by atoms with van der Waals surface area (Å²) in [5, 5.41) is 2.83. The van der Waals surface area contributed by atoms with E-state index in [9.17, 15) is 18.4 Å². The van der Waals surface area contributed by atoms with Crippen molar-refractivity contribution in [1.29, 1.82) is 0 Å². The average molecular weight is 399 g/mol. The lowest BCUT2D eigenvalue weighted by Crippen LogP contribution is -2.32. The topological polar surface area (TPSA) is 49.4 Å². The van der Waals surface area contributed by atoms with Crippen molar-refractivity contribution in [2.24, 2.45) is 5.92 Å². The number of hydrogen-bond acceptors (Lipinski definition) is 2. The van der Waals surface area contributed by atoms with Gasteiger partial charge in [0.25, 0.3) is 0 Å². The van der Waals surface area contributed by atoms with Crippen molar-refractivity contribution in [1.82, 2.24) is 5.32 Å². The van der Waals surface area contributed by atoms with Crippen LogP contribution in [0.25, 0.3) is 0 Å². The quantitative estimate of drug-likeness (QED) is 0.847. The van der Waals surface area contributed by atoms with Crippen molar-refractivity contribution in [2.75, 3.05) is 11.4 Å². The van der Waals surface area contributed by atoms with Crippen LogP contribution in [0.3, 0.4) is 0 Å². The molecule has 2 aromatic rings. The van der Waals surface area contributed by atoms with Crippen LogP contribution in [0, 0.1) is 17.6 Å². The molecule has 0 aromatic heterocycles. The Kier molecular flexibility index (Phi) is 5.44. The van der Waals surface area contributed by atoms with E-state index in [1.807, 2.05) is 0 Å². The first-order chi connectivity index (χ1) is 12.3. The minimum atomic E-state index is -0.576. The molecule has 1 heterocycles. The molecule has 1 aliphatic heterocycles. The summed E-state index contributed by atoms with van der Waals surface area (Å²) in [6.45, 7) is 0.300. The van der Waals surface area contributed by atoms with E-state index in [0.717, 1.165) is 0 Å². The number of hydrogen-bond donors (Lipinski definition) is 1. The first-order valence-electron chi connectivity index (χ1n) is 7.82. The van der Waals surface area contributed by atoms with Gasteiger partial charge in [-0.3, -0.25) is 9.59 Å². The van der Waals surface area contributed by atoms with E-state index in [2.05, 4.69) is 5.32 Å². The molecule has 1 saturated heterocycles. The predicted octanol–water partition coefficient (Wildman–Crippen LogP) is 3.94. The predicted molar refractivity (Wildman–Crippen MR) is 95.1 cm³/mol. The van der Waals surface area contributed by atoms with Gasteiger partial charge in [0.05, 0.1) is 10.9 Å². The highest BCUT2D eigenvalue weighted by molar-refractivity contribution is 6.31. The molecule has 0 bridgehead atoms. The maximum Gasteiger partial charge on any atom is 0.227 e. The number of rotatable bonds is 4. The maximum absolute atomic E-state index is 13.3. The number of carbonyl (C=O) groups is 2. The second-order valence-corrected chi connectivity index (χ2v) is 6.77. The smallest absolute Gasteiger partial charge is 0.227 e. The third-order valence-corrected chi connectivity index (χ3v) is 4.82. The third-order valence-electron chi connectivity index (χ3n) is 4.18. The van der Waals surface area contributed by atoms with Gasteiger partial charge in [-0.25, -0.2) is 8.78 Å². The Labute approximate surface area is 158 Å². The highest BCUT2D eigenvalue weighted by Crippen LogP contribution is 2.28. The molecular formula is C18H14Cl2F2N2O2. The van der Waals surface area contributed by atoms with Gasteiger partial charge in [0, 0.05) is 30.2 Å². The monoisotopic (exact) mass is 398 g/mol. The van der Waals surface area contributed by atoms with Gasteiger partial charge in [-0.05, 0) is 35.9 Å². The number of benzene rings is 2. The lowest BCUT2D eigenvalue weighted by molar-refractivity contribution is -0.126. The molecule has 4 nitrogen and oxygen atoms in total. The Bertz CT molecular complexity index is 876. The zero-order valence-electron chi connectivity index (χ0n) is 13.4. The number of anilines is 1. The number of nitrogens with zero attached hydrogens (tertiary/aromatic N) is 1. The number of nitrogens with one attached hydrogen (secondary N) is 1. The molecule has 1 atom stereocenters. The molecule has 0 saturated carbocycles. The highest BCUT2D eigenvalue weighted by Gasteiger charge is 2.35. The molecular weight excluding hydrogens is 385 g/mol. The Morgan fingerprint density at radius 1 is 1.15 bits per heavy atom. The molecule has 8 heteroatoms. The first kappa shape index (κ1) is 18.6. The summed E-state index contributed by atoms with van der Waals surface area (Å²) in [5.41, 5.74) is 1.02. The Hall–Kier alpha value is -2.18. The van der Waals surface area contributed by atoms with E-state index in [0.29, 0.717) is 11.3 Å². The summed E-state index contributed by atoms with van der Waals surface area (Å²) in [5.74, 6) is -2.14. The van der Waals surface area contributed by atoms with Crippen molar-refractivity contribution in [3.05, 3.63) is 63.6 Å². The number of carbonyl (C=O) groups excluding carboxylic acids is 2. The summed E-state index contributed by atoms with van der Waals surface area (Å²) >= 11 is 11.7. The van der Waals surface area contributed by atoms with Crippen LogP contribution in [0.4, 0.5) is 14.5 Å². The van der Waals surface area contributed by atoms with Gasteiger partial charge in [-0.2, -0.15) is 0 Å². The van der Waals surface area contributed by atoms with E-state index in [-0.39, 0.29) is 41.4 Å². The zero-order valence-corrected chi connectivity index (χ0v) is 15.0. The third kappa shape index (κ3) is 3.97. The van der Waals surface area contributed by atoms with E-state index < -0.39 is 17.6 Å². The van der Waals surface area contributed by atoms with Gasteiger partial charge in [0.2, 0.25) is 11.8 Å². The molecule has 136 valence electrons. The second kappa shape index (κ2) is 7.60. The highest BCUT2D eigenvalue weighted by atomic mass is 35.5. The van der Waals surface area contributed by atoms with E-state index >= 15 is 0 Å². The molecule has 1 fully saturated rings. The van der Waals surface area contributed by atoms with Gasteiger partial charge in [0.15, 0.2) is 0 Å². The van der Waals surface area contributed by atoms with Crippen LogP contribution >= 0.6 is 23.2 Å². The molecule has 0 aliphatic carbocycles. The number of halogens is 4. The van der Waals surface area contributed by atoms with E-state index in [1.165, 1.54) is 41.3 Å². The van der Waals surface area contributed by atoms with Crippen LogP contribution in [0.2, 0.25) is 10.0 Å². The van der Waals surface area contributed by atoms with Gasteiger partial charge < -0.3 is 10.2 Å². The average Bonchev–Trinajstić information content (AvgIpc) is 2.98. The van der Waals surface area contributed by atoms with Gasteiger partial charge in [-0.15, -0.1) is 0 Å². The van der Waals surface area contributed by atoms with Crippen molar-refractivity contribution >= 4 is 40.7 Å². The Balaban J connectivity index is 1.64. The summed E-state index contributed by atoms with van der Waals surface area (Å²) < 4.78 is 26.3. The molecule has 1 aliphatic rings. The lowest BCUT2D eigenvalue weighted by Gasteiger charge is -2.17. The Morgan fingerprint density at radius 3 is 2.62 bits per heavy atom. The van der Waals surface area contributed by atoms with Crippen LogP contribution in [0.15, 0.2) is 36.4 Å². The molecule has 1 N–H and O–H groups in total. The lowest BCUT2D eigenvalue weighted by atomic mass is 10.1. The summed E-state index contributed by atoms with van der Waals surface area (Å²) in [6.07, 6.45) is 0.0397. The molecule has 0 radical (unpaired) electrons. The summed E-state index contributed by atoms with van der Waals surface area (Å²) in [7, 11) is 0. The minimum Gasteiger partial charge on any atom is -0.352 e. The van der Waals surface area contributed by atoms with Gasteiger partial charge in [0.1, 0.15) is 11.6 Å². The fourth-order valence-electron chi connectivity index (χ4n) is 2.78. The van der Waals surface area contributed by atoms with Crippen LogP contribution in [0.1, 0.15) is 12.0 Å². The van der Waals surface area contributed by atoms with Crippen molar-refractivity contribution in [2.45, 2.75) is 13.0 Å². The van der Waals surface area contributed by atoms with Crippen LogP contribution in [-0.2, 0) is 16.1 Å². The SMILES string of the molecule is O=C(NCc1ccc(F)cc1Cl)[C@H]1CC(=O)N(c2ccc(F)c(Cl)c2)C1. The molecule has 3 rings (SSSR count). The molecule has 26 heavy (non-hydrogen) atoms. The van der Waals surface area contributed by atoms with E-state index in [4.69, 9.17) is 23.2 Å². The van der Waals surface area contributed by atoms with E-state index in [1.54, 1.807) is 0 Å². The van der Waals surface area contributed by atoms with Gasteiger partial charge >= 0.3 is 0 Å². The van der Waals surface area contributed by atoms with Crippen molar-refractivity contribution < 1.29 is 18.4 Å². The molecule has 0 spiro atoms. The van der Waals surface area contributed by atoms with Gasteiger partial charge in [-0.1, -0.05) is 29.3 Å².